The Balaban J connectivity index is 1.75. The van der Waals surface area contributed by atoms with Gasteiger partial charge in [-0.3, -0.25) is 0 Å². The van der Waals surface area contributed by atoms with Gasteiger partial charge in [-0.05, 0) is 34.0 Å². The zero-order chi connectivity index (χ0) is 15.5. The molecule has 3 nitrogen and oxygen atoms in total. The Morgan fingerprint density at radius 3 is 2.73 bits per heavy atom. The third-order valence-electron chi connectivity index (χ3n) is 3.74. The standard InChI is InChI=1S/C17H17BrFNO2/c18-14-8-16(20-7-6-13(21)10-20)15(19)9-17(14)22-11-12-4-2-1-3-5-12/h1-5,8-9,13,21H,6-7,10-11H2. The van der Waals surface area contributed by atoms with E-state index in [-0.39, 0.29) is 11.9 Å². The molecular formula is C17H17BrFNO2. The molecule has 1 aliphatic rings. The van der Waals surface area contributed by atoms with E-state index in [9.17, 15) is 9.50 Å². The minimum absolute atomic E-state index is 0.333. The quantitative estimate of drug-likeness (QED) is 0.895. The molecule has 1 atom stereocenters. The Morgan fingerprint density at radius 2 is 2.05 bits per heavy atom. The van der Waals surface area contributed by atoms with Crippen molar-refractivity contribution >= 4 is 21.6 Å². The molecular weight excluding hydrogens is 349 g/mol. The number of ether oxygens (including phenoxy) is 1. The number of hydrogen-bond donors (Lipinski definition) is 1. The number of benzene rings is 2. The van der Waals surface area contributed by atoms with Gasteiger partial charge in [-0.1, -0.05) is 30.3 Å². The minimum Gasteiger partial charge on any atom is -0.488 e. The second-order valence-electron chi connectivity index (χ2n) is 5.40. The molecule has 0 aromatic heterocycles. The van der Waals surface area contributed by atoms with Crippen molar-refractivity contribution in [3.05, 3.63) is 58.3 Å². The first-order valence-electron chi connectivity index (χ1n) is 7.22. The zero-order valence-electron chi connectivity index (χ0n) is 12.0. The highest BCUT2D eigenvalue weighted by Gasteiger charge is 2.23. The van der Waals surface area contributed by atoms with Crippen LogP contribution in [-0.2, 0) is 6.61 Å². The lowest BCUT2D eigenvalue weighted by molar-refractivity contribution is 0.198. The summed E-state index contributed by atoms with van der Waals surface area (Å²) >= 11 is 3.44. The van der Waals surface area contributed by atoms with E-state index < -0.39 is 0 Å². The molecule has 0 aliphatic carbocycles. The minimum atomic E-state index is -0.382. The molecule has 2 aromatic rings. The highest BCUT2D eigenvalue weighted by Crippen LogP contribution is 2.34. The first-order chi connectivity index (χ1) is 10.6. The van der Waals surface area contributed by atoms with E-state index in [4.69, 9.17) is 4.74 Å². The molecule has 1 N–H and O–H groups in total. The highest BCUT2D eigenvalue weighted by atomic mass is 79.9. The van der Waals surface area contributed by atoms with Crippen molar-refractivity contribution in [2.24, 2.45) is 0 Å². The molecule has 0 bridgehead atoms. The largest absolute Gasteiger partial charge is 0.488 e. The van der Waals surface area contributed by atoms with Gasteiger partial charge in [0.25, 0.3) is 0 Å². The molecule has 3 rings (SSSR count). The van der Waals surface area contributed by atoms with Crippen molar-refractivity contribution in [3.63, 3.8) is 0 Å². The first kappa shape index (κ1) is 15.3. The molecule has 1 heterocycles. The molecule has 22 heavy (non-hydrogen) atoms. The van der Waals surface area contributed by atoms with Crippen LogP contribution < -0.4 is 9.64 Å². The SMILES string of the molecule is OC1CCN(c2cc(Br)c(OCc3ccccc3)cc2F)C1. The van der Waals surface area contributed by atoms with E-state index in [1.807, 2.05) is 35.2 Å². The summed E-state index contributed by atoms with van der Waals surface area (Å²) < 4.78 is 20.7. The van der Waals surface area contributed by atoms with Crippen molar-refractivity contribution < 1.29 is 14.2 Å². The molecule has 2 aromatic carbocycles. The Morgan fingerprint density at radius 1 is 1.27 bits per heavy atom. The topological polar surface area (TPSA) is 32.7 Å². The number of aliphatic hydroxyl groups excluding tert-OH is 1. The summed E-state index contributed by atoms with van der Waals surface area (Å²) in [4.78, 5) is 1.85. The van der Waals surface area contributed by atoms with E-state index in [2.05, 4.69) is 15.9 Å². The van der Waals surface area contributed by atoms with Crippen molar-refractivity contribution in [2.45, 2.75) is 19.1 Å². The van der Waals surface area contributed by atoms with Crippen molar-refractivity contribution in [2.75, 3.05) is 18.0 Å². The number of aliphatic hydroxyl groups is 1. The van der Waals surface area contributed by atoms with Crippen LogP contribution in [0.4, 0.5) is 10.1 Å². The first-order valence-corrected chi connectivity index (χ1v) is 8.01. The number of hydrogen-bond acceptors (Lipinski definition) is 3. The molecule has 1 fully saturated rings. The van der Waals surface area contributed by atoms with Crippen molar-refractivity contribution in [1.82, 2.24) is 0 Å². The monoisotopic (exact) mass is 365 g/mol. The van der Waals surface area contributed by atoms with Gasteiger partial charge in [-0.2, -0.15) is 0 Å². The Labute approximate surface area is 137 Å². The Hall–Kier alpha value is -1.59. The van der Waals surface area contributed by atoms with Crippen LogP contribution in [0.25, 0.3) is 0 Å². The molecule has 0 saturated carbocycles. The summed E-state index contributed by atoms with van der Waals surface area (Å²) in [7, 11) is 0. The summed E-state index contributed by atoms with van der Waals surface area (Å²) in [5.41, 5.74) is 1.53. The third kappa shape index (κ3) is 3.42. The van der Waals surface area contributed by atoms with Crippen LogP contribution in [0.15, 0.2) is 46.9 Å². The van der Waals surface area contributed by atoms with E-state index in [1.54, 1.807) is 6.07 Å². The van der Waals surface area contributed by atoms with Gasteiger partial charge >= 0.3 is 0 Å². The van der Waals surface area contributed by atoms with Gasteiger partial charge in [0, 0.05) is 19.2 Å². The summed E-state index contributed by atoms with van der Waals surface area (Å²) in [6, 6.07) is 12.9. The maximum atomic E-state index is 14.3. The van der Waals surface area contributed by atoms with Gasteiger partial charge < -0.3 is 14.7 Å². The fraction of sp³-hybridized carbons (Fsp3) is 0.294. The predicted molar refractivity (Wildman–Crippen MR) is 87.7 cm³/mol. The van der Waals surface area contributed by atoms with Gasteiger partial charge in [-0.15, -0.1) is 0 Å². The lowest BCUT2D eigenvalue weighted by Crippen LogP contribution is -2.22. The molecule has 0 spiro atoms. The van der Waals surface area contributed by atoms with Crippen LogP contribution in [0, 0.1) is 5.82 Å². The zero-order valence-corrected chi connectivity index (χ0v) is 13.6. The molecule has 0 radical (unpaired) electrons. The smallest absolute Gasteiger partial charge is 0.150 e. The normalized spacial score (nSPS) is 17.8. The average molecular weight is 366 g/mol. The predicted octanol–water partition coefficient (Wildman–Crippen LogP) is 3.74. The van der Waals surface area contributed by atoms with Crippen molar-refractivity contribution in [3.8, 4) is 5.75 Å². The molecule has 116 valence electrons. The average Bonchev–Trinajstić information content (AvgIpc) is 2.95. The lowest BCUT2D eigenvalue weighted by atomic mass is 10.2. The van der Waals surface area contributed by atoms with Gasteiger partial charge in [0.15, 0.2) is 0 Å². The van der Waals surface area contributed by atoms with E-state index in [0.29, 0.717) is 42.0 Å². The summed E-state index contributed by atoms with van der Waals surface area (Å²) in [6.45, 7) is 1.52. The lowest BCUT2D eigenvalue weighted by Gasteiger charge is -2.20. The summed E-state index contributed by atoms with van der Waals surface area (Å²) in [5, 5.41) is 9.59. The van der Waals surface area contributed by atoms with E-state index in [0.717, 1.165) is 5.56 Å². The molecule has 5 heteroatoms. The number of rotatable bonds is 4. The van der Waals surface area contributed by atoms with Crippen LogP contribution in [0.5, 0.6) is 5.75 Å². The number of anilines is 1. The fourth-order valence-corrected chi connectivity index (χ4v) is 3.01. The van der Waals surface area contributed by atoms with E-state index in [1.165, 1.54) is 6.07 Å². The van der Waals surface area contributed by atoms with Gasteiger partial charge in [0.2, 0.25) is 0 Å². The van der Waals surface area contributed by atoms with Crippen LogP contribution in [0.1, 0.15) is 12.0 Å². The summed E-state index contributed by atoms with van der Waals surface area (Å²) in [6.07, 6.45) is 0.288. The summed E-state index contributed by atoms with van der Waals surface area (Å²) in [5.74, 6) is 0.144. The number of nitrogens with zero attached hydrogens (tertiary/aromatic N) is 1. The van der Waals surface area contributed by atoms with Gasteiger partial charge in [0.1, 0.15) is 18.2 Å². The van der Waals surface area contributed by atoms with Gasteiger partial charge in [0.05, 0.1) is 16.3 Å². The van der Waals surface area contributed by atoms with Crippen LogP contribution in [0.2, 0.25) is 0 Å². The number of β-amino-alcohol motifs (C(OH)–C–C–N with tert-alkyl or cyclic N) is 1. The van der Waals surface area contributed by atoms with E-state index >= 15 is 0 Å². The van der Waals surface area contributed by atoms with Crippen LogP contribution in [-0.4, -0.2) is 24.3 Å². The highest BCUT2D eigenvalue weighted by molar-refractivity contribution is 9.10. The molecule has 1 aliphatic heterocycles. The van der Waals surface area contributed by atoms with Crippen molar-refractivity contribution in [1.29, 1.82) is 0 Å². The second kappa shape index (κ2) is 6.67. The second-order valence-corrected chi connectivity index (χ2v) is 6.25. The maximum Gasteiger partial charge on any atom is 0.150 e. The Kier molecular flexibility index (Phi) is 4.64. The molecule has 0 amide bonds. The van der Waals surface area contributed by atoms with Crippen LogP contribution in [0.3, 0.4) is 0 Å². The third-order valence-corrected chi connectivity index (χ3v) is 4.36. The fourth-order valence-electron chi connectivity index (χ4n) is 2.57. The maximum absolute atomic E-state index is 14.3. The molecule has 1 unspecified atom stereocenters. The van der Waals surface area contributed by atoms with Gasteiger partial charge in [-0.25, -0.2) is 4.39 Å². The Bertz CT molecular complexity index is 651. The molecule has 1 saturated heterocycles. The number of halogens is 2. The van der Waals surface area contributed by atoms with Crippen LogP contribution >= 0.6 is 15.9 Å².